The molecule has 0 bridgehead atoms. The zero-order valence-corrected chi connectivity index (χ0v) is 11.5. The van der Waals surface area contributed by atoms with Crippen molar-refractivity contribution in [1.82, 2.24) is 5.32 Å². The van der Waals surface area contributed by atoms with Gasteiger partial charge in [-0.3, -0.25) is 0 Å². The highest BCUT2D eigenvalue weighted by atomic mass is 19.1. The van der Waals surface area contributed by atoms with Crippen molar-refractivity contribution < 1.29 is 4.39 Å². The van der Waals surface area contributed by atoms with Crippen LogP contribution in [0.2, 0.25) is 0 Å². The molecule has 2 rings (SSSR count). The Morgan fingerprint density at radius 1 is 1.05 bits per heavy atom. The SMILES string of the molecule is CNC(C)c1c(F)cccc1N(C)c1ccccc1. The third-order valence-electron chi connectivity index (χ3n) is 3.40. The van der Waals surface area contributed by atoms with Crippen molar-refractivity contribution in [3.63, 3.8) is 0 Å². The van der Waals surface area contributed by atoms with E-state index in [0.29, 0.717) is 5.56 Å². The molecule has 0 saturated carbocycles. The maximum Gasteiger partial charge on any atom is 0.130 e. The summed E-state index contributed by atoms with van der Waals surface area (Å²) in [6.07, 6.45) is 0. The van der Waals surface area contributed by atoms with Gasteiger partial charge in [0.25, 0.3) is 0 Å². The first-order valence-corrected chi connectivity index (χ1v) is 6.39. The van der Waals surface area contributed by atoms with Gasteiger partial charge in [0, 0.05) is 30.0 Å². The monoisotopic (exact) mass is 258 g/mol. The van der Waals surface area contributed by atoms with Crippen molar-refractivity contribution in [3.05, 3.63) is 59.9 Å². The molecule has 0 saturated heterocycles. The molecule has 0 aromatic heterocycles. The van der Waals surface area contributed by atoms with Gasteiger partial charge in [-0.15, -0.1) is 0 Å². The third-order valence-corrected chi connectivity index (χ3v) is 3.40. The van der Waals surface area contributed by atoms with Crippen LogP contribution in [-0.4, -0.2) is 14.1 Å². The van der Waals surface area contributed by atoms with E-state index in [1.165, 1.54) is 6.07 Å². The number of hydrogen-bond acceptors (Lipinski definition) is 2. The van der Waals surface area contributed by atoms with Gasteiger partial charge in [0.05, 0.1) is 0 Å². The molecule has 1 unspecified atom stereocenters. The van der Waals surface area contributed by atoms with Crippen molar-refractivity contribution in [2.24, 2.45) is 0 Å². The van der Waals surface area contributed by atoms with Gasteiger partial charge >= 0.3 is 0 Å². The molecule has 0 aliphatic carbocycles. The van der Waals surface area contributed by atoms with E-state index in [1.807, 2.05) is 62.3 Å². The van der Waals surface area contributed by atoms with Crippen molar-refractivity contribution in [3.8, 4) is 0 Å². The van der Waals surface area contributed by atoms with Gasteiger partial charge in [-0.25, -0.2) is 4.39 Å². The van der Waals surface area contributed by atoms with E-state index in [9.17, 15) is 4.39 Å². The normalized spacial score (nSPS) is 12.2. The Labute approximate surface area is 113 Å². The second-order valence-electron chi connectivity index (χ2n) is 4.58. The lowest BCUT2D eigenvalue weighted by molar-refractivity contribution is 0.562. The highest BCUT2D eigenvalue weighted by molar-refractivity contribution is 5.66. The molecular weight excluding hydrogens is 239 g/mol. The van der Waals surface area contributed by atoms with Gasteiger partial charge in [0.15, 0.2) is 0 Å². The minimum absolute atomic E-state index is 0.0395. The molecule has 19 heavy (non-hydrogen) atoms. The predicted molar refractivity (Wildman–Crippen MR) is 78.4 cm³/mol. The molecule has 0 amide bonds. The Bertz CT molecular complexity index is 540. The number of anilines is 2. The second kappa shape index (κ2) is 5.85. The van der Waals surface area contributed by atoms with E-state index < -0.39 is 0 Å². The van der Waals surface area contributed by atoms with E-state index in [0.717, 1.165) is 11.4 Å². The molecule has 1 atom stereocenters. The number of benzene rings is 2. The molecule has 0 aliphatic heterocycles. The predicted octanol–water partition coefficient (Wildman–Crippen LogP) is 3.87. The van der Waals surface area contributed by atoms with Crippen LogP contribution in [0.1, 0.15) is 18.5 Å². The van der Waals surface area contributed by atoms with Gasteiger partial charge in [0.1, 0.15) is 5.82 Å². The third kappa shape index (κ3) is 2.76. The molecule has 3 heteroatoms. The molecule has 2 aromatic rings. The Kier molecular flexibility index (Phi) is 4.17. The van der Waals surface area contributed by atoms with Gasteiger partial charge in [-0.05, 0) is 38.2 Å². The maximum absolute atomic E-state index is 14.1. The summed E-state index contributed by atoms with van der Waals surface area (Å²) in [5.41, 5.74) is 2.61. The van der Waals surface area contributed by atoms with Crippen LogP contribution in [0.3, 0.4) is 0 Å². The highest BCUT2D eigenvalue weighted by Gasteiger charge is 2.17. The average Bonchev–Trinajstić information content (AvgIpc) is 2.46. The van der Waals surface area contributed by atoms with Crippen LogP contribution in [-0.2, 0) is 0 Å². The molecule has 2 aromatic carbocycles. The Morgan fingerprint density at radius 2 is 1.74 bits per heavy atom. The van der Waals surface area contributed by atoms with E-state index >= 15 is 0 Å². The van der Waals surface area contributed by atoms with Crippen molar-refractivity contribution in [2.45, 2.75) is 13.0 Å². The summed E-state index contributed by atoms with van der Waals surface area (Å²) in [6, 6.07) is 15.1. The zero-order valence-electron chi connectivity index (χ0n) is 11.5. The van der Waals surface area contributed by atoms with Gasteiger partial charge < -0.3 is 10.2 Å². The van der Waals surface area contributed by atoms with E-state index in [-0.39, 0.29) is 11.9 Å². The van der Waals surface area contributed by atoms with Crippen LogP contribution in [0.25, 0.3) is 0 Å². The Morgan fingerprint density at radius 3 is 2.37 bits per heavy atom. The summed E-state index contributed by atoms with van der Waals surface area (Å²) in [5.74, 6) is -0.179. The lowest BCUT2D eigenvalue weighted by Crippen LogP contribution is -2.19. The molecule has 100 valence electrons. The number of nitrogens with zero attached hydrogens (tertiary/aromatic N) is 1. The van der Waals surface area contributed by atoms with Crippen LogP contribution < -0.4 is 10.2 Å². The van der Waals surface area contributed by atoms with E-state index in [4.69, 9.17) is 0 Å². The van der Waals surface area contributed by atoms with E-state index in [2.05, 4.69) is 5.32 Å². The lowest BCUT2D eigenvalue weighted by Gasteiger charge is -2.25. The summed E-state index contributed by atoms with van der Waals surface area (Å²) < 4.78 is 14.1. The fraction of sp³-hybridized carbons (Fsp3) is 0.250. The van der Waals surface area contributed by atoms with Gasteiger partial charge in [-0.1, -0.05) is 24.3 Å². The maximum atomic E-state index is 14.1. The summed E-state index contributed by atoms with van der Waals surface area (Å²) >= 11 is 0. The molecule has 2 nitrogen and oxygen atoms in total. The number of halogens is 1. The summed E-state index contributed by atoms with van der Waals surface area (Å²) in [7, 11) is 3.79. The topological polar surface area (TPSA) is 15.3 Å². The molecule has 0 radical (unpaired) electrons. The van der Waals surface area contributed by atoms with Crippen LogP contribution in [0, 0.1) is 5.82 Å². The second-order valence-corrected chi connectivity index (χ2v) is 4.58. The fourth-order valence-electron chi connectivity index (χ4n) is 2.18. The first kappa shape index (κ1) is 13.6. The summed E-state index contributed by atoms with van der Waals surface area (Å²) in [6.45, 7) is 1.96. The molecule has 0 heterocycles. The largest absolute Gasteiger partial charge is 0.344 e. The molecule has 0 spiro atoms. The number of nitrogens with one attached hydrogen (secondary N) is 1. The first-order valence-electron chi connectivity index (χ1n) is 6.39. The lowest BCUT2D eigenvalue weighted by atomic mass is 10.0. The van der Waals surface area contributed by atoms with Crippen molar-refractivity contribution in [1.29, 1.82) is 0 Å². The smallest absolute Gasteiger partial charge is 0.130 e. The quantitative estimate of drug-likeness (QED) is 0.895. The van der Waals surface area contributed by atoms with Crippen molar-refractivity contribution >= 4 is 11.4 Å². The molecular formula is C16H19FN2. The standard InChI is InChI=1S/C16H19FN2/c1-12(18-2)16-14(17)10-7-11-15(16)19(3)13-8-5-4-6-9-13/h4-12,18H,1-3H3. The highest BCUT2D eigenvalue weighted by Crippen LogP contribution is 2.32. The van der Waals surface area contributed by atoms with Crippen LogP contribution in [0.15, 0.2) is 48.5 Å². The first-order chi connectivity index (χ1) is 9.15. The average molecular weight is 258 g/mol. The molecule has 0 fully saturated rings. The molecule has 1 N–H and O–H groups in total. The number of para-hydroxylation sites is 1. The summed E-state index contributed by atoms with van der Waals surface area (Å²) in [5, 5.41) is 3.10. The van der Waals surface area contributed by atoms with Crippen LogP contribution >= 0.6 is 0 Å². The molecule has 0 aliphatic rings. The number of hydrogen-bond donors (Lipinski definition) is 1. The van der Waals surface area contributed by atoms with Gasteiger partial charge in [-0.2, -0.15) is 0 Å². The minimum Gasteiger partial charge on any atom is -0.344 e. The number of rotatable bonds is 4. The minimum atomic E-state index is -0.179. The Hall–Kier alpha value is -1.87. The fourth-order valence-corrected chi connectivity index (χ4v) is 2.18. The Balaban J connectivity index is 2.48. The zero-order chi connectivity index (χ0) is 13.8. The van der Waals surface area contributed by atoms with Crippen molar-refractivity contribution in [2.75, 3.05) is 19.0 Å². The van der Waals surface area contributed by atoms with Crippen LogP contribution in [0.5, 0.6) is 0 Å². The van der Waals surface area contributed by atoms with Gasteiger partial charge in [0.2, 0.25) is 0 Å². The summed E-state index contributed by atoms with van der Waals surface area (Å²) in [4.78, 5) is 2.01. The van der Waals surface area contributed by atoms with E-state index in [1.54, 1.807) is 6.07 Å². The van der Waals surface area contributed by atoms with Crippen LogP contribution in [0.4, 0.5) is 15.8 Å².